The summed E-state index contributed by atoms with van der Waals surface area (Å²) in [6.07, 6.45) is 0. The van der Waals surface area contributed by atoms with Crippen LogP contribution in [0.1, 0.15) is 22.3 Å². The summed E-state index contributed by atoms with van der Waals surface area (Å²) in [6, 6.07) is 10.8. The van der Waals surface area contributed by atoms with E-state index < -0.39 is 0 Å². The third kappa shape index (κ3) is 3.14. The Balaban J connectivity index is 2.15. The van der Waals surface area contributed by atoms with Crippen LogP contribution in [0.25, 0.3) is 0 Å². The first-order chi connectivity index (χ1) is 9.49. The maximum atomic E-state index is 13.8. The van der Waals surface area contributed by atoms with Crippen LogP contribution < -0.4 is 10.5 Å². The number of halogens is 1. The Morgan fingerprint density at radius 1 is 1.20 bits per heavy atom. The maximum absolute atomic E-state index is 13.8. The zero-order chi connectivity index (χ0) is 14.7. The summed E-state index contributed by atoms with van der Waals surface area (Å²) in [6.45, 7) is 3.97. The van der Waals surface area contributed by atoms with Crippen molar-refractivity contribution in [3.63, 3.8) is 0 Å². The van der Waals surface area contributed by atoms with Crippen molar-refractivity contribution in [1.82, 2.24) is 0 Å². The number of nitrogens with two attached hydrogens (primary N) is 1. The molecule has 0 saturated heterocycles. The summed E-state index contributed by atoms with van der Waals surface area (Å²) in [5, 5.41) is 0. The fourth-order valence-corrected chi connectivity index (χ4v) is 2.03. The number of rotatable bonds is 4. The first-order valence-corrected chi connectivity index (χ1v) is 6.67. The van der Waals surface area contributed by atoms with Crippen molar-refractivity contribution in [3.8, 4) is 5.75 Å². The highest BCUT2D eigenvalue weighted by molar-refractivity contribution is 7.80. The number of thiocarbonyl (C=S) groups is 1. The van der Waals surface area contributed by atoms with Crippen molar-refractivity contribution in [2.75, 3.05) is 0 Å². The van der Waals surface area contributed by atoms with Crippen molar-refractivity contribution in [2.45, 2.75) is 20.5 Å². The van der Waals surface area contributed by atoms with Crippen molar-refractivity contribution in [3.05, 3.63) is 64.5 Å². The predicted octanol–water partition coefficient (Wildman–Crippen LogP) is 3.66. The van der Waals surface area contributed by atoms with Gasteiger partial charge in [-0.05, 0) is 42.7 Å². The molecule has 2 rings (SSSR count). The van der Waals surface area contributed by atoms with E-state index in [-0.39, 0.29) is 11.6 Å². The zero-order valence-electron chi connectivity index (χ0n) is 11.4. The lowest BCUT2D eigenvalue weighted by Crippen LogP contribution is -2.10. The highest BCUT2D eigenvalue weighted by Gasteiger charge is 2.07. The summed E-state index contributed by atoms with van der Waals surface area (Å²) >= 11 is 4.93. The molecule has 0 unspecified atom stereocenters. The zero-order valence-corrected chi connectivity index (χ0v) is 12.3. The fraction of sp³-hybridized carbons (Fsp3) is 0.188. The Kier molecular flexibility index (Phi) is 4.35. The molecule has 2 nitrogen and oxygen atoms in total. The first-order valence-electron chi connectivity index (χ1n) is 6.26. The minimum atomic E-state index is -0.315. The van der Waals surface area contributed by atoms with Gasteiger partial charge in [-0.15, -0.1) is 0 Å². The second kappa shape index (κ2) is 6.01. The largest absolute Gasteiger partial charge is 0.486 e. The fourth-order valence-electron chi connectivity index (χ4n) is 1.90. The van der Waals surface area contributed by atoms with Crippen LogP contribution in [0.3, 0.4) is 0 Å². The molecule has 0 atom stereocenters. The molecule has 0 fully saturated rings. The summed E-state index contributed by atoms with van der Waals surface area (Å²) in [5.74, 6) is -0.0484. The number of benzene rings is 2. The monoisotopic (exact) mass is 289 g/mol. The van der Waals surface area contributed by atoms with E-state index in [2.05, 4.69) is 0 Å². The van der Waals surface area contributed by atoms with Crippen molar-refractivity contribution >= 4 is 17.2 Å². The van der Waals surface area contributed by atoms with Crippen LogP contribution in [0, 0.1) is 19.7 Å². The summed E-state index contributed by atoms with van der Waals surface area (Å²) < 4.78 is 19.4. The number of hydrogen-bond donors (Lipinski definition) is 1. The number of aryl methyl sites for hydroxylation is 2. The van der Waals surface area contributed by atoms with Crippen LogP contribution in [-0.4, -0.2) is 4.99 Å². The van der Waals surface area contributed by atoms with Gasteiger partial charge in [0.15, 0.2) is 11.6 Å². The van der Waals surface area contributed by atoms with E-state index in [1.54, 1.807) is 25.1 Å². The van der Waals surface area contributed by atoms with E-state index in [0.717, 1.165) is 16.7 Å². The lowest BCUT2D eigenvalue weighted by molar-refractivity contribution is 0.289. The molecule has 2 aromatic carbocycles. The minimum Gasteiger partial charge on any atom is -0.486 e. The third-order valence-corrected chi connectivity index (χ3v) is 3.40. The summed E-state index contributed by atoms with van der Waals surface area (Å²) in [5.41, 5.74) is 8.97. The molecule has 0 aliphatic rings. The summed E-state index contributed by atoms with van der Waals surface area (Å²) in [4.78, 5) is 0.366. The predicted molar refractivity (Wildman–Crippen MR) is 82.5 cm³/mol. The molecule has 0 saturated carbocycles. The molecule has 0 bridgehead atoms. The van der Waals surface area contributed by atoms with Crippen molar-refractivity contribution < 1.29 is 9.13 Å². The number of ether oxygens (including phenoxy) is 1. The Morgan fingerprint density at radius 3 is 2.60 bits per heavy atom. The van der Waals surface area contributed by atoms with E-state index in [4.69, 9.17) is 22.7 Å². The molecular formula is C16H16FNOS. The van der Waals surface area contributed by atoms with Gasteiger partial charge in [-0.2, -0.15) is 0 Å². The van der Waals surface area contributed by atoms with E-state index in [0.29, 0.717) is 17.2 Å². The SMILES string of the molecule is Cc1cc(C(N)=S)ccc1COc1cccc(C)c1F. The molecule has 20 heavy (non-hydrogen) atoms. The molecular weight excluding hydrogens is 273 g/mol. The smallest absolute Gasteiger partial charge is 0.167 e. The maximum Gasteiger partial charge on any atom is 0.167 e. The standard InChI is InChI=1S/C16H16FNOS/c1-10-4-3-5-14(15(10)17)19-9-13-7-6-12(16(18)20)8-11(13)2/h3-8H,9H2,1-2H3,(H2,18,20). The third-order valence-electron chi connectivity index (χ3n) is 3.17. The lowest BCUT2D eigenvalue weighted by atomic mass is 10.1. The van der Waals surface area contributed by atoms with E-state index >= 15 is 0 Å². The molecule has 4 heteroatoms. The molecule has 0 radical (unpaired) electrons. The van der Waals surface area contributed by atoms with Crippen molar-refractivity contribution in [1.29, 1.82) is 0 Å². The van der Waals surface area contributed by atoms with Crippen LogP contribution in [0.4, 0.5) is 4.39 Å². The van der Waals surface area contributed by atoms with Crippen LogP contribution in [0.2, 0.25) is 0 Å². The van der Waals surface area contributed by atoms with Gasteiger partial charge in [0.1, 0.15) is 11.6 Å². The molecule has 0 amide bonds. The Morgan fingerprint density at radius 2 is 1.95 bits per heavy atom. The van der Waals surface area contributed by atoms with Gasteiger partial charge < -0.3 is 10.5 Å². The number of hydrogen-bond acceptors (Lipinski definition) is 2. The quantitative estimate of drug-likeness (QED) is 0.873. The van der Waals surface area contributed by atoms with Gasteiger partial charge in [-0.3, -0.25) is 0 Å². The molecule has 0 heterocycles. The molecule has 2 N–H and O–H groups in total. The average molecular weight is 289 g/mol. The molecule has 2 aromatic rings. The van der Waals surface area contributed by atoms with Gasteiger partial charge in [0.2, 0.25) is 0 Å². The molecule has 0 aromatic heterocycles. The molecule has 0 spiro atoms. The normalized spacial score (nSPS) is 10.3. The van der Waals surface area contributed by atoms with E-state index in [1.165, 1.54) is 0 Å². The minimum absolute atomic E-state index is 0.267. The van der Waals surface area contributed by atoms with Gasteiger partial charge in [0.25, 0.3) is 0 Å². The van der Waals surface area contributed by atoms with Gasteiger partial charge in [-0.25, -0.2) is 4.39 Å². The van der Waals surface area contributed by atoms with Crippen LogP contribution >= 0.6 is 12.2 Å². The van der Waals surface area contributed by atoms with E-state index in [9.17, 15) is 4.39 Å². The molecule has 0 aliphatic heterocycles. The van der Waals surface area contributed by atoms with Crippen LogP contribution in [-0.2, 0) is 6.61 Å². The average Bonchev–Trinajstić information content (AvgIpc) is 2.41. The van der Waals surface area contributed by atoms with Crippen LogP contribution in [0.15, 0.2) is 36.4 Å². The Hall–Kier alpha value is -1.94. The molecule has 104 valence electrons. The van der Waals surface area contributed by atoms with Gasteiger partial charge in [0, 0.05) is 5.56 Å². The van der Waals surface area contributed by atoms with Gasteiger partial charge >= 0.3 is 0 Å². The first kappa shape index (κ1) is 14.5. The van der Waals surface area contributed by atoms with Crippen molar-refractivity contribution in [2.24, 2.45) is 5.73 Å². The van der Waals surface area contributed by atoms with Gasteiger partial charge in [0.05, 0.1) is 0 Å². The highest BCUT2D eigenvalue weighted by atomic mass is 32.1. The highest BCUT2D eigenvalue weighted by Crippen LogP contribution is 2.21. The second-order valence-corrected chi connectivity index (χ2v) is 5.12. The second-order valence-electron chi connectivity index (χ2n) is 4.68. The van der Waals surface area contributed by atoms with Crippen LogP contribution in [0.5, 0.6) is 5.75 Å². The van der Waals surface area contributed by atoms with E-state index in [1.807, 2.05) is 25.1 Å². The summed E-state index contributed by atoms with van der Waals surface area (Å²) in [7, 11) is 0. The topological polar surface area (TPSA) is 35.2 Å². The molecule has 0 aliphatic carbocycles. The van der Waals surface area contributed by atoms with Gasteiger partial charge in [-0.1, -0.05) is 36.5 Å². The Labute approximate surface area is 123 Å². The Bertz CT molecular complexity index is 655. The lowest BCUT2D eigenvalue weighted by Gasteiger charge is -2.11.